The van der Waals surface area contributed by atoms with Crippen molar-refractivity contribution >= 4 is 0 Å². The van der Waals surface area contributed by atoms with E-state index in [-0.39, 0.29) is 0 Å². The van der Waals surface area contributed by atoms with E-state index < -0.39 is 11.3 Å². The summed E-state index contributed by atoms with van der Waals surface area (Å²) < 4.78 is 0. The van der Waals surface area contributed by atoms with Gasteiger partial charge in [-0.2, -0.15) is 0 Å². The molecule has 1 aromatic rings. The van der Waals surface area contributed by atoms with Crippen molar-refractivity contribution in [3.8, 4) is 0 Å². The van der Waals surface area contributed by atoms with Crippen molar-refractivity contribution < 1.29 is 10.2 Å². The van der Waals surface area contributed by atoms with Gasteiger partial charge in [0.25, 0.3) is 0 Å². The molecule has 0 atom stereocenters. The summed E-state index contributed by atoms with van der Waals surface area (Å²) in [6.07, 6.45) is 3.50. The fourth-order valence-electron chi connectivity index (χ4n) is 2.70. The lowest BCUT2D eigenvalue weighted by molar-refractivity contribution is -0.251. The Morgan fingerprint density at radius 2 is 1.50 bits per heavy atom. The molecule has 2 N–H and O–H groups in total. The van der Waals surface area contributed by atoms with Gasteiger partial charge in [-0.3, -0.25) is 4.90 Å². The third kappa shape index (κ3) is 2.30. The van der Waals surface area contributed by atoms with Crippen LogP contribution in [-0.2, 0) is 5.79 Å². The Hall–Kier alpha value is -0.900. The molecule has 1 saturated heterocycles. The summed E-state index contributed by atoms with van der Waals surface area (Å²) in [6, 6.07) is 9.09. The molecule has 1 fully saturated rings. The summed E-state index contributed by atoms with van der Waals surface area (Å²) in [5.41, 5.74) is -0.130. The first kappa shape index (κ1) is 13.5. The molecule has 1 aliphatic heterocycles. The van der Waals surface area contributed by atoms with Crippen LogP contribution in [0.15, 0.2) is 30.3 Å². The highest BCUT2D eigenvalue weighted by Crippen LogP contribution is 2.36. The Morgan fingerprint density at radius 3 is 2.06 bits per heavy atom. The van der Waals surface area contributed by atoms with E-state index in [1.165, 1.54) is 6.42 Å². The van der Waals surface area contributed by atoms with Crippen LogP contribution in [0.5, 0.6) is 0 Å². The van der Waals surface area contributed by atoms with E-state index in [4.69, 9.17) is 0 Å². The van der Waals surface area contributed by atoms with Crippen molar-refractivity contribution in [1.82, 2.24) is 4.90 Å². The number of rotatable bonds is 3. The summed E-state index contributed by atoms with van der Waals surface area (Å²) in [4.78, 5) is 2.18. The Kier molecular flexibility index (Phi) is 3.76. The number of aliphatic hydroxyl groups is 2. The average Bonchev–Trinajstić information content (AvgIpc) is 2.40. The Morgan fingerprint density at radius 1 is 0.944 bits per heavy atom. The van der Waals surface area contributed by atoms with Gasteiger partial charge < -0.3 is 10.2 Å². The van der Waals surface area contributed by atoms with E-state index in [9.17, 15) is 10.2 Å². The fourth-order valence-corrected chi connectivity index (χ4v) is 2.70. The number of hydrogen-bond donors (Lipinski definition) is 2. The molecule has 0 aliphatic carbocycles. The lowest BCUT2D eigenvalue weighted by atomic mass is 9.84. The second kappa shape index (κ2) is 5.00. The number of hydrogen-bond acceptors (Lipinski definition) is 3. The third-order valence-electron chi connectivity index (χ3n) is 4.18. The predicted molar refractivity (Wildman–Crippen MR) is 72.1 cm³/mol. The van der Waals surface area contributed by atoms with Crippen molar-refractivity contribution in [3.05, 3.63) is 35.9 Å². The molecule has 3 heteroatoms. The van der Waals surface area contributed by atoms with Crippen molar-refractivity contribution in [2.45, 2.75) is 44.4 Å². The van der Waals surface area contributed by atoms with E-state index in [2.05, 4.69) is 4.90 Å². The largest absolute Gasteiger partial charge is 0.361 e. The molecule has 100 valence electrons. The first-order valence-corrected chi connectivity index (χ1v) is 6.71. The van der Waals surface area contributed by atoms with Gasteiger partial charge in [0.1, 0.15) is 0 Å². The molecule has 18 heavy (non-hydrogen) atoms. The van der Waals surface area contributed by atoms with Gasteiger partial charge in [-0.05, 0) is 39.8 Å². The minimum absolute atomic E-state index is 0.556. The predicted octanol–water partition coefficient (Wildman–Crippen LogP) is 2.09. The van der Waals surface area contributed by atoms with Crippen LogP contribution < -0.4 is 0 Å². The summed E-state index contributed by atoms with van der Waals surface area (Å²) in [5, 5.41) is 21.2. The van der Waals surface area contributed by atoms with Crippen molar-refractivity contribution in [1.29, 1.82) is 0 Å². The monoisotopic (exact) mass is 249 g/mol. The molecule has 0 radical (unpaired) electrons. The van der Waals surface area contributed by atoms with E-state index in [0.29, 0.717) is 5.56 Å². The minimum atomic E-state index is -1.83. The zero-order valence-electron chi connectivity index (χ0n) is 11.3. The molecule has 0 bridgehead atoms. The van der Waals surface area contributed by atoms with Gasteiger partial charge in [-0.1, -0.05) is 36.8 Å². The molecule has 1 aliphatic rings. The number of benzene rings is 1. The summed E-state index contributed by atoms with van der Waals surface area (Å²) in [5.74, 6) is -1.83. The van der Waals surface area contributed by atoms with Gasteiger partial charge in [0.05, 0.1) is 5.54 Å². The second-order valence-corrected chi connectivity index (χ2v) is 5.64. The molecule has 2 rings (SSSR count). The van der Waals surface area contributed by atoms with E-state index in [1.54, 1.807) is 12.1 Å². The van der Waals surface area contributed by atoms with Gasteiger partial charge >= 0.3 is 0 Å². The smallest absolute Gasteiger partial charge is 0.208 e. The summed E-state index contributed by atoms with van der Waals surface area (Å²) in [6.45, 7) is 5.68. The maximum Gasteiger partial charge on any atom is 0.208 e. The van der Waals surface area contributed by atoms with Gasteiger partial charge in [-0.25, -0.2) is 0 Å². The highest BCUT2D eigenvalue weighted by atomic mass is 16.5. The number of piperidine rings is 1. The number of nitrogens with zero attached hydrogens (tertiary/aromatic N) is 1. The van der Waals surface area contributed by atoms with Crippen LogP contribution in [0.4, 0.5) is 0 Å². The normalized spacial score (nSPS) is 18.9. The third-order valence-corrected chi connectivity index (χ3v) is 4.18. The molecule has 3 nitrogen and oxygen atoms in total. The SMILES string of the molecule is CC(C)(N1CCCCC1)C(O)(O)c1ccccc1. The molecule has 1 aromatic carbocycles. The molecule has 0 amide bonds. The quantitative estimate of drug-likeness (QED) is 0.806. The van der Waals surface area contributed by atoms with Gasteiger partial charge in [0.15, 0.2) is 0 Å². The van der Waals surface area contributed by atoms with Crippen molar-refractivity contribution in [3.63, 3.8) is 0 Å². The van der Waals surface area contributed by atoms with Crippen LogP contribution in [-0.4, -0.2) is 33.7 Å². The lowest BCUT2D eigenvalue weighted by Gasteiger charge is -2.48. The maximum absolute atomic E-state index is 10.6. The molecule has 0 spiro atoms. The fraction of sp³-hybridized carbons (Fsp3) is 0.600. The zero-order valence-corrected chi connectivity index (χ0v) is 11.3. The number of likely N-dealkylation sites (tertiary alicyclic amines) is 1. The van der Waals surface area contributed by atoms with Gasteiger partial charge in [0, 0.05) is 5.56 Å². The molecular formula is C15H23NO2. The van der Waals surface area contributed by atoms with E-state index >= 15 is 0 Å². The highest BCUT2D eigenvalue weighted by Gasteiger charge is 2.47. The Balaban J connectivity index is 2.27. The maximum atomic E-state index is 10.6. The van der Waals surface area contributed by atoms with E-state index in [1.807, 2.05) is 32.0 Å². The van der Waals surface area contributed by atoms with E-state index in [0.717, 1.165) is 25.9 Å². The minimum Gasteiger partial charge on any atom is -0.361 e. The summed E-state index contributed by atoms with van der Waals surface area (Å²) >= 11 is 0. The van der Waals surface area contributed by atoms with Crippen LogP contribution in [0.3, 0.4) is 0 Å². The van der Waals surface area contributed by atoms with Gasteiger partial charge in [0.2, 0.25) is 5.79 Å². The topological polar surface area (TPSA) is 43.7 Å². The first-order valence-electron chi connectivity index (χ1n) is 6.71. The Labute approximate surface area is 109 Å². The van der Waals surface area contributed by atoms with Crippen LogP contribution in [0.2, 0.25) is 0 Å². The molecule has 0 saturated carbocycles. The zero-order chi connectivity index (χ0) is 13.2. The van der Waals surface area contributed by atoms with Gasteiger partial charge in [-0.15, -0.1) is 0 Å². The highest BCUT2D eigenvalue weighted by molar-refractivity contribution is 5.23. The van der Waals surface area contributed by atoms with Crippen LogP contribution >= 0.6 is 0 Å². The standard InChI is InChI=1S/C15H23NO2/c1-14(2,16-11-7-4-8-12-16)15(17,18)13-9-5-3-6-10-13/h3,5-6,9-10,17-18H,4,7-8,11-12H2,1-2H3. The second-order valence-electron chi connectivity index (χ2n) is 5.64. The first-order chi connectivity index (χ1) is 8.46. The molecule has 0 aromatic heterocycles. The average molecular weight is 249 g/mol. The Bertz CT molecular complexity index is 381. The van der Waals surface area contributed by atoms with Crippen LogP contribution in [0, 0.1) is 0 Å². The summed E-state index contributed by atoms with van der Waals surface area (Å²) in [7, 11) is 0. The molecule has 1 heterocycles. The van der Waals surface area contributed by atoms with Crippen LogP contribution in [0.25, 0.3) is 0 Å². The lowest BCUT2D eigenvalue weighted by Crippen LogP contribution is -2.60. The van der Waals surface area contributed by atoms with Crippen molar-refractivity contribution in [2.24, 2.45) is 0 Å². The molecular weight excluding hydrogens is 226 g/mol. The van der Waals surface area contributed by atoms with Crippen molar-refractivity contribution in [2.75, 3.05) is 13.1 Å². The molecule has 0 unspecified atom stereocenters. The van der Waals surface area contributed by atoms with Crippen LogP contribution in [0.1, 0.15) is 38.7 Å².